The van der Waals surface area contributed by atoms with Gasteiger partial charge in [0.15, 0.2) is 0 Å². The van der Waals surface area contributed by atoms with Crippen molar-refractivity contribution in [2.75, 3.05) is 0 Å². The molecule has 0 saturated carbocycles. The fraction of sp³-hybridized carbons (Fsp3) is 0. The molecular weight excluding hydrogens is 246 g/mol. The zero-order valence-corrected chi connectivity index (χ0v) is 9.18. The van der Waals surface area contributed by atoms with E-state index in [4.69, 9.17) is 4.55 Å². The summed E-state index contributed by atoms with van der Waals surface area (Å²) in [5, 5.41) is 12.3. The largest absolute Gasteiger partial charge is 0.507 e. The standard InChI is InChI=1S/C10H7NO5S/c12-8-3-1-2-6-9(17(14,15)16)5-4-7(11-13)10(6)8/h1-5,12H,(H,14,15,16). The van der Waals surface area contributed by atoms with Gasteiger partial charge < -0.3 is 5.11 Å². The first-order valence-electron chi connectivity index (χ1n) is 4.50. The van der Waals surface area contributed by atoms with E-state index in [-0.39, 0.29) is 27.1 Å². The van der Waals surface area contributed by atoms with Crippen molar-refractivity contribution in [2.24, 2.45) is 5.18 Å². The maximum atomic E-state index is 11.1. The third-order valence-electron chi connectivity index (χ3n) is 2.33. The average molecular weight is 253 g/mol. The summed E-state index contributed by atoms with van der Waals surface area (Å²) >= 11 is 0. The Kier molecular flexibility index (Phi) is 2.56. The van der Waals surface area contributed by atoms with E-state index in [0.29, 0.717) is 0 Å². The summed E-state index contributed by atoms with van der Waals surface area (Å²) < 4.78 is 31.3. The monoisotopic (exact) mass is 253 g/mol. The lowest BCUT2D eigenvalue weighted by Crippen LogP contribution is -1.98. The molecule has 88 valence electrons. The Morgan fingerprint density at radius 2 is 1.82 bits per heavy atom. The topological polar surface area (TPSA) is 104 Å². The predicted octanol–water partition coefficient (Wildman–Crippen LogP) is 2.19. The van der Waals surface area contributed by atoms with E-state index in [1.165, 1.54) is 18.2 Å². The first-order valence-corrected chi connectivity index (χ1v) is 5.94. The van der Waals surface area contributed by atoms with Gasteiger partial charge in [-0.05, 0) is 23.4 Å². The Morgan fingerprint density at radius 3 is 2.41 bits per heavy atom. The van der Waals surface area contributed by atoms with Gasteiger partial charge in [-0.2, -0.15) is 8.42 Å². The average Bonchev–Trinajstić information content (AvgIpc) is 2.26. The van der Waals surface area contributed by atoms with E-state index in [0.717, 1.165) is 12.1 Å². The molecule has 0 saturated heterocycles. The number of nitroso groups, excluding NO2 is 1. The maximum Gasteiger partial charge on any atom is 0.295 e. The molecule has 0 aliphatic rings. The van der Waals surface area contributed by atoms with E-state index in [9.17, 15) is 18.4 Å². The third kappa shape index (κ3) is 1.85. The number of aromatic hydroxyl groups is 1. The first-order chi connectivity index (χ1) is 7.95. The number of nitrogens with zero attached hydrogens (tertiary/aromatic N) is 1. The Hall–Kier alpha value is -1.99. The smallest absolute Gasteiger partial charge is 0.295 e. The minimum atomic E-state index is -4.43. The van der Waals surface area contributed by atoms with E-state index >= 15 is 0 Å². The summed E-state index contributed by atoms with van der Waals surface area (Å²) in [4.78, 5) is 10.2. The van der Waals surface area contributed by atoms with Gasteiger partial charge in [-0.15, -0.1) is 4.91 Å². The van der Waals surface area contributed by atoms with Gasteiger partial charge >= 0.3 is 0 Å². The van der Waals surface area contributed by atoms with Crippen LogP contribution in [0.1, 0.15) is 0 Å². The summed E-state index contributed by atoms with van der Waals surface area (Å²) in [6, 6.07) is 6.25. The van der Waals surface area contributed by atoms with Gasteiger partial charge in [-0.3, -0.25) is 4.55 Å². The van der Waals surface area contributed by atoms with Gasteiger partial charge in [-0.1, -0.05) is 12.1 Å². The number of fused-ring (bicyclic) bond motifs is 1. The van der Waals surface area contributed by atoms with E-state index < -0.39 is 10.1 Å². The molecule has 2 aromatic carbocycles. The second kappa shape index (κ2) is 3.79. The quantitative estimate of drug-likeness (QED) is 0.630. The molecule has 7 heteroatoms. The molecule has 0 fully saturated rings. The van der Waals surface area contributed by atoms with Crippen LogP contribution in [-0.4, -0.2) is 18.1 Å². The Bertz CT molecular complexity index is 708. The first kappa shape index (κ1) is 11.5. The van der Waals surface area contributed by atoms with Crippen LogP contribution in [0, 0.1) is 4.91 Å². The van der Waals surface area contributed by atoms with Crippen LogP contribution < -0.4 is 0 Å². The number of hydrogen-bond acceptors (Lipinski definition) is 5. The highest BCUT2D eigenvalue weighted by Crippen LogP contribution is 2.36. The van der Waals surface area contributed by atoms with Crippen molar-refractivity contribution in [3.8, 4) is 5.75 Å². The van der Waals surface area contributed by atoms with E-state index in [1.54, 1.807) is 0 Å². The van der Waals surface area contributed by atoms with Crippen LogP contribution in [-0.2, 0) is 10.1 Å². The summed E-state index contributed by atoms with van der Waals surface area (Å²) in [5.41, 5.74) is -0.0921. The molecule has 6 nitrogen and oxygen atoms in total. The van der Waals surface area contributed by atoms with Gasteiger partial charge in [0.2, 0.25) is 0 Å². The molecule has 2 aromatic rings. The molecule has 17 heavy (non-hydrogen) atoms. The van der Waals surface area contributed by atoms with Crippen molar-refractivity contribution < 1.29 is 18.1 Å². The van der Waals surface area contributed by atoms with Crippen molar-refractivity contribution in [1.82, 2.24) is 0 Å². The lowest BCUT2D eigenvalue weighted by atomic mass is 10.1. The summed E-state index contributed by atoms with van der Waals surface area (Å²) in [5.74, 6) is -0.275. The molecule has 0 aliphatic heterocycles. The number of phenolic OH excluding ortho intramolecular Hbond substituents is 1. The van der Waals surface area contributed by atoms with Crippen LogP contribution in [0.25, 0.3) is 10.8 Å². The highest BCUT2D eigenvalue weighted by molar-refractivity contribution is 7.86. The summed E-state index contributed by atoms with van der Waals surface area (Å²) in [6.07, 6.45) is 0. The normalized spacial score (nSPS) is 11.6. The van der Waals surface area contributed by atoms with E-state index in [2.05, 4.69) is 5.18 Å². The van der Waals surface area contributed by atoms with Crippen molar-refractivity contribution in [1.29, 1.82) is 0 Å². The van der Waals surface area contributed by atoms with Crippen LogP contribution in [0.15, 0.2) is 40.4 Å². The molecule has 0 amide bonds. The van der Waals surface area contributed by atoms with E-state index in [1.807, 2.05) is 0 Å². The molecule has 0 radical (unpaired) electrons. The van der Waals surface area contributed by atoms with Gasteiger partial charge in [0.05, 0.1) is 5.39 Å². The highest BCUT2D eigenvalue weighted by atomic mass is 32.2. The molecule has 0 aromatic heterocycles. The summed E-state index contributed by atoms with van der Waals surface area (Å²) in [7, 11) is -4.43. The Morgan fingerprint density at radius 1 is 1.12 bits per heavy atom. The Labute approximate surface area is 96.2 Å². The van der Waals surface area contributed by atoms with Crippen molar-refractivity contribution in [2.45, 2.75) is 4.90 Å². The zero-order valence-electron chi connectivity index (χ0n) is 8.36. The van der Waals surface area contributed by atoms with Crippen LogP contribution in [0.3, 0.4) is 0 Å². The molecule has 0 bridgehead atoms. The molecule has 0 aliphatic carbocycles. The SMILES string of the molecule is O=Nc1ccc(S(=O)(=O)O)c2cccc(O)c12. The van der Waals surface area contributed by atoms with Crippen LogP contribution in [0.4, 0.5) is 5.69 Å². The zero-order chi connectivity index (χ0) is 12.6. The molecule has 0 atom stereocenters. The van der Waals surface area contributed by atoms with Crippen LogP contribution in [0.2, 0.25) is 0 Å². The van der Waals surface area contributed by atoms with Gasteiger partial charge in [0, 0.05) is 5.39 Å². The Balaban J connectivity index is 3.03. The second-order valence-electron chi connectivity index (χ2n) is 3.35. The highest BCUT2D eigenvalue weighted by Gasteiger charge is 2.17. The van der Waals surface area contributed by atoms with Crippen LogP contribution >= 0.6 is 0 Å². The molecule has 2 N–H and O–H groups in total. The fourth-order valence-corrected chi connectivity index (χ4v) is 2.33. The molecule has 2 rings (SSSR count). The van der Waals surface area contributed by atoms with Crippen LogP contribution in [0.5, 0.6) is 5.75 Å². The molecule has 0 spiro atoms. The van der Waals surface area contributed by atoms with Gasteiger partial charge in [0.1, 0.15) is 16.3 Å². The fourth-order valence-electron chi connectivity index (χ4n) is 1.64. The molecule has 0 heterocycles. The minimum absolute atomic E-state index is 0.00220. The number of phenols is 1. The number of rotatable bonds is 2. The molecule has 0 unspecified atom stereocenters. The molecular formula is C10H7NO5S. The number of hydrogen-bond donors (Lipinski definition) is 2. The van der Waals surface area contributed by atoms with Crippen molar-refractivity contribution in [3.05, 3.63) is 35.2 Å². The number of benzene rings is 2. The lowest BCUT2D eigenvalue weighted by molar-refractivity contribution is 0.481. The van der Waals surface area contributed by atoms with Crippen molar-refractivity contribution >= 4 is 26.6 Å². The van der Waals surface area contributed by atoms with Gasteiger partial charge in [-0.25, -0.2) is 0 Å². The van der Waals surface area contributed by atoms with Gasteiger partial charge in [0.25, 0.3) is 10.1 Å². The summed E-state index contributed by atoms with van der Waals surface area (Å²) in [6.45, 7) is 0. The predicted molar refractivity (Wildman–Crippen MR) is 60.9 cm³/mol. The minimum Gasteiger partial charge on any atom is -0.507 e. The maximum absolute atomic E-state index is 11.1. The third-order valence-corrected chi connectivity index (χ3v) is 3.24. The second-order valence-corrected chi connectivity index (χ2v) is 4.74. The van der Waals surface area contributed by atoms with Crippen molar-refractivity contribution in [3.63, 3.8) is 0 Å². The lowest BCUT2D eigenvalue weighted by Gasteiger charge is -2.06.